The lowest BCUT2D eigenvalue weighted by Crippen LogP contribution is -2.51. The van der Waals surface area contributed by atoms with Gasteiger partial charge in [-0.3, -0.25) is 4.79 Å². The fraction of sp³-hybridized carbons (Fsp3) is 0.923. The summed E-state index contributed by atoms with van der Waals surface area (Å²) < 4.78 is 0. The van der Waals surface area contributed by atoms with Gasteiger partial charge in [-0.25, -0.2) is 0 Å². The van der Waals surface area contributed by atoms with E-state index in [1.165, 1.54) is 12.8 Å². The fourth-order valence-electron chi connectivity index (χ4n) is 8.49. The number of carboxylic acid groups (broad SMARTS) is 1. The van der Waals surface area contributed by atoms with Crippen LogP contribution in [-0.4, -0.2) is 40.3 Å². The van der Waals surface area contributed by atoms with Crippen molar-refractivity contribution in [2.45, 2.75) is 104 Å². The van der Waals surface area contributed by atoms with Crippen LogP contribution in [0.15, 0.2) is 0 Å². The number of hydrogen-bond donors (Lipinski definition) is 3. The maximum absolute atomic E-state index is 12.3. The third kappa shape index (κ3) is 4.10. The zero-order chi connectivity index (χ0) is 23.4. The second-order valence-electron chi connectivity index (χ2n) is 10.6. The van der Waals surface area contributed by atoms with E-state index in [0.717, 1.165) is 64.8 Å². The van der Waals surface area contributed by atoms with E-state index >= 15 is 0 Å². The lowest BCUT2D eigenvalue weighted by molar-refractivity contribution is -0.140. The summed E-state index contributed by atoms with van der Waals surface area (Å²) in [7, 11) is 1.00. The molecule has 3 unspecified atom stereocenters. The third-order valence-electron chi connectivity index (χ3n) is 9.90. The van der Waals surface area contributed by atoms with Crippen LogP contribution in [0.2, 0.25) is 0 Å². The number of aliphatic hydroxyl groups is 2. The van der Waals surface area contributed by atoms with Crippen LogP contribution in [0.25, 0.3) is 0 Å². The van der Waals surface area contributed by atoms with Gasteiger partial charge in [0.1, 0.15) is 6.29 Å². The molecular formula is C26H46O5. The van der Waals surface area contributed by atoms with Crippen molar-refractivity contribution < 1.29 is 24.9 Å². The molecule has 0 aromatic carbocycles. The van der Waals surface area contributed by atoms with Gasteiger partial charge in [0.05, 0.1) is 5.60 Å². The van der Waals surface area contributed by atoms with Gasteiger partial charge in [0.15, 0.2) is 0 Å². The normalized spacial score (nSPS) is 45.1. The van der Waals surface area contributed by atoms with Gasteiger partial charge in [0.2, 0.25) is 0 Å². The molecule has 4 rings (SSSR count). The Balaban J connectivity index is 0.000000807. The van der Waals surface area contributed by atoms with Gasteiger partial charge in [-0.15, -0.1) is 0 Å². The number of aliphatic hydroxyl groups excluding tert-OH is 1. The third-order valence-corrected chi connectivity index (χ3v) is 9.90. The molecule has 8 atom stereocenters. The molecule has 0 aromatic rings. The predicted octanol–water partition coefficient (Wildman–Crippen LogP) is 5.07. The topological polar surface area (TPSA) is 94.8 Å². The molecule has 0 spiro atoms. The zero-order valence-electron chi connectivity index (χ0n) is 20.4. The van der Waals surface area contributed by atoms with E-state index in [4.69, 9.17) is 10.2 Å². The van der Waals surface area contributed by atoms with Crippen LogP contribution in [-0.2, 0) is 9.59 Å². The number of carbonyl (C=O) groups excluding carboxylic acids is 1. The standard InChI is InChI=1S/C23H36O4.C2H6.CH4O/c1-21-13-10-17-20(16(21)9-8-15(21)6-5-7-19(25)26)18(14-24)23(27)12-4-3-11-22(17,23)2;2*1-2/h14-18,20,27H,3-13H2,1-2H3,(H,25,26);1-2H3;2H,1H3/t15-,16?,17?,18+,20?,21+,22+,23+;;/m0../s1. The van der Waals surface area contributed by atoms with Gasteiger partial charge in [-0.05, 0) is 80.5 Å². The van der Waals surface area contributed by atoms with Crippen molar-refractivity contribution in [3.63, 3.8) is 0 Å². The Hall–Kier alpha value is -0.940. The molecule has 180 valence electrons. The maximum Gasteiger partial charge on any atom is 0.303 e. The molecule has 4 aliphatic carbocycles. The highest BCUT2D eigenvalue weighted by molar-refractivity contribution is 5.66. The summed E-state index contributed by atoms with van der Waals surface area (Å²) in [6.45, 7) is 8.68. The van der Waals surface area contributed by atoms with Crippen LogP contribution in [0.5, 0.6) is 0 Å². The summed E-state index contributed by atoms with van der Waals surface area (Å²) in [6.07, 6.45) is 11.8. The molecule has 4 fully saturated rings. The molecule has 3 N–H and O–H groups in total. The number of aliphatic carboxylic acids is 1. The van der Waals surface area contributed by atoms with E-state index in [0.29, 0.717) is 23.7 Å². The minimum absolute atomic E-state index is 0.107. The summed E-state index contributed by atoms with van der Waals surface area (Å²) in [5.74, 6) is 0.949. The number of rotatable bonds is 5. The number of fused-ring (bicyclic) bond motifs is 5. The minimum Gasteiger partial charge on any atom is -0.481 e. The summed E-state index contributed by atoms with van der Waals surface area (Å²) >= 11 is 0. The van der Waals surface area contributed by atoms with Crippen LogP contribution in [0.1, 0.15) is 98.3 Å². The molecular weight excluding hydrogens is 392 g/mol. The molecule has 4 saturated carbocycles. The quantitative estimate of drug-likeness (QED) is 0.521. The van der Waals surface area contributed by atoms with E-state index in [-0.39, 0.29) is 23.2 Å². The first-order valence-electron chi connectivity index (χ1n) is 12.6. The minimum atomic E-state index is -0.811. The number of carboxylic acids is 1. The molecule has 0 heterocycles. The summed E-state index contributed by atoms with van der Waals surface area (Å²) in [5, 5.41) is 27.7. The molecule has 5 heteroatoms. The summed E-state index contributed by atoms with van der Waals surface area (Å²) in [4.78, 5) is 23.2. The van der Waals surface area contributed by atoms with E-state index in [9.17, 15) is 14.7 Å². The monoisotopic (exact) mass is 438 g/mol. The maximum atomic E-state index is 12.3. The van der Waals surface area contributed by atoms with E-state index in [2.05, 4.69) is 13.8 Å². The highest BCUT2D eigenvalue weighted by Crippen LogP contribution is 2.72. The molecule has 0 aromatic heterocycles. The van der Waals surface area contributed by atoms with Gasteiger partial charge < -0.3 is 20.1 Å². The van der Waals surface area contributed by atoms with Crippen LogP contribution in [0.3, 0.4) is 0 Å². The Bertz CT molecular complexity index is 621. The molecule has 0 bridgehead atoms. The number of aldehydes is 1. The lowest BCUT2D eigenvalue weighted by atomic mass is 9.54. The fourth-order valence-corrected chi connectivity index (χ4v) is 8.49. The average Bonchev–Trinajstić information content (AvgIpc) is 3.19. The van der Waals surface area contributed by atoms with Gasteiger partial charge >= 0.3 is 5.97 Å². The zero-order valence-corrected chi connectivity index (χ0v) is 20.4. The second kappa shape index (κ2) is 10.3. The first kappa shape index (κ1) is 26.3. The second-order valence-corrected chi connectivity index (χ2v) is 10.6. The molecule has 0 aliphatic heterocycles. The van der Waals surface area contributed by atoms with Gasteiger partial charge in [-0.1, -0.05) is 40.5 Å². The Kier molecular flexibility index (Phi) is 8.77. The Morgan fingerprint density at radius 3 is 2.26 bits per heavy atom. The van der Waals surface area contributed by atoms with Crippen molar-refractivity contribution in [3.05, 3.63) is 0 Å². The Morgan fingerprint density at radius 1 is 1.00 bits per heavy atom. The number of carbonyl (C=O) groups is 2. The van der Waals surface area contributed by atoms with Crippen molar-refractivity contribution in [1.29, 1.82) is 0 Å². The van der Waals surface area contributed by atoms with Crippen molar-refractivity contribution in [1.82, 2.24) is 0 Å². The predicted molar refractivity (Wildman–Crippen MR) is 123 cm³/mol. The van der Waals surface area contributed by atoms with Gasteiger partial charge in [-0.2, -0.15) is 0 Å². The first-order chi connectivity index (χ1) is 14.8. The van der Waals surface area contributed by atoms with Crippen molar-refractivity contribution in [3.8, 4) is 0 Å². The van der Waals surface area contributed by atoms with E-state index < -0.39 is 11.6 Å². The molecule has 4 aliphatic rings. The Morgan fingerprint density at radius 2 is 1.65 bits per heavy atom. The van der Waals surface area contributed by atoms with Gasteiger partial charge in [0, 0.05) is 24.9 Å². The molecule has 0 saturated heterocycles. The van der Waals surface area contributed by atoms with Crippen LogP contribution in [0.4, 0.5) is 0 Å². The van der Waals surface area contributed by atoms with Crippen LogP contribution < -0.4 is 0 Å². The summed E-state index contributed by atoms with van der Waals surface area (Å²) in [5.41, 5.74) is -0.708. The largest absolute Gasteiger partial charge is 0.481 e. The molecule has 0 amide bonds. The highest BCUT2D eigenvalue weighted by atomic mass is 16.4. The van der Waals surface area contributed by atoms with Crippen molar-refractivity contribution in [2.24, 2.45) is 40.4 Å². The first-order valence-corrected chi connectivity index (χ1v) is 12.6. The molecule has 5 nitrogen and oxygen atoms in total. The van der Waals surface area contributed by atoms with E-state index in [1.54, 1.807) is 0 Å². The van der Waals surface area contributed by atoms with Crippen molar-refractivity contribution >= 4 is 12.3 Å². The van der Waals surface area contributed by atoms with Crippen LogP contribution in [0, 0.1) is 40.4 Å². The smallest absolute Gasteiger partial charge is 0.303 e. The average molecular weight is 439 g/mol. The van der Waals surface area contributed by atoms with Crippen LogP contribution >= 0.6 is 0 Å². The number of hydrogen-bond acceptors (Lipinski definition) is 4. The molecule has 0 radical (unpaired) electrons. The lowest BCUT2D eigenvalue weighted by Gasteiger charge is -2.51. The van der Waals surface area contributed by atoms with Crippen molar-refractivity contribution in [2.75, 3.05) is 7.11 Å². The summed E-state index contributed by atoms with van der Waals surface area (Å²) in [6, 6.07) is 0. The SMILES string of the molecule is CC.CO.C[C@]12CCC3C(C1CC[C@@H]2CCCC(=O)O)[C@@H](C=O)[C@]1(O)CCCC[C@]31C. The highest BCUT2D eigenvalue weighted by Gasteiger charge is 2.71. The Labute approximate surface area is 189 Å². The molecule has 31 heavy (non-hydrogen) atoms. The van der Waals surface area contributed by atoms with E-state index in [1.807, 2.05) is 13.8 Å². The van der Waals surface area contributed by atoms with Gasteiger partial charge in [0.25, 0.3) is 0 Å².